The van der Waals surface area contributed by atoms with E-state index in [9.17, 15) is 19.5 Å². The molecule has 1 atom stereocenters. The summed E-state index contributed by atoms with van der Waals surface area (Å²) in [6.07, 6.45) is 0.444. The normalized spacial score (nSPS) is 15.1. The first kappa shape index (κ1) is 28.0. The predicted octanol–water partition coefficient (Wildman–Crippen LogP) is 6.37. The highest BCUT2D eigenvalue weighted by Gasteiger charge is 2.35. The highest BCUT2D eigenvalue weighted by Crippen LogP contribution is 2.32. The van der Waals surface area contributed by atoms with Crippen molar-refractivity contribution in [2.75, 3.05) is 20.1 Å². The van der Waals surface area contributed by atoms with E-state index in [0.717, 1.165) is 0 Å². The minimum absolute atomic E-state index is 0.0715. The fourth-order valence-electron chi connectivity index (χ4n) is 4.36. The standard InChI is InChI=1S/C29H27Cl2N3O5/c1-18-25(28(36)37)26(20-5-3-6-22(31)17-20)32-29(38)34(18)16-4-15-33(2)27(35)19-7-11-23(12-8-19)39-24-13-9-21(30)10-14-24/h3,5-14,17,26H,4,15-16H2,1-2H3,(H,32,38)(H,36,37). The van der Waals surface area contributed by atoms with E-state index in [-0.39, 0.29) is 18.0 Å². The van der Waals surface area contributed by atoms with Crippen molar-refractivity contribution in [2.24, 2.45) is 0 Å². The first-order valence-electron chi connectivity index (χ1n) is 12.2. The molecular formula is C29H27Cl2N3O5. The molecule has 0 aliphatic carbocycles. The zero-order valence-electron chi connectivity index (χ0n) is 21.4. The second kappa shape index (κ2) is 12.2. The first-order chi connectivity index (χ1) is 18.6. The summed E-state index contributed by atoms with van der Waals surface area (Å²) in [6.45, 7) is 2.21. The van der Waals surface area contributed by atoms with Crippen LogP contribution in [0.2, 0.25) is 10.0 Å². The van der Waals surface area contributed by atoms with Gasteiger partial charge in [0, 0.05) is 41.4 Å². The Morgan fingerprint density at radius 2 is 1.64 bits per heavy atom. The number of carbonyl (C=O) groups is 3. The van der Waals surface area contributed by atoms with Crippen LogP contribution in [0.1, 0.15) is 35.3 Å². The number of nitrogens with zero attached hydrogens (tertiary/aromatic N) is 2. The van der Waals surface area contributed by atoms with E-state index in [1.807, 2.05) is 0 Å². The average molecular weight is 568 g/mol. The number of amides is 3. The van der Waals surface area contributed by atoms with Gasteiger partial charge in [0.2, 0.25) is 0 Å². The number of carboxylic acids is 1. The molecule has 3 aromatic carbocycles. The molecule has 0 radical (unpaired) electrons. The van der Waals surface area contributed by atoms with Crippen LogP contribution in [0.5, 0.6) is 11.5 Å². The van der Waals surface area contributed by atoms with Gasteiger partial charge in [-0.05, 0) is 79.6 Å². The van der Waals surface area contributed by atoms with Gasteiger partial charge in [-0.2, -0.15) is 0 Å². The van der Waals surface area contributed by atoms with Crippen LogP contribution in [0.25, 0.3) is 0 Å². The van der Waals surface area contributed by atoms with Gasteiger partial charge in [0.05, 0.1) is 11.6 Å². The number of halogens is 2. The molecule has 4 rings (SSSR count). The van der Waals surface area contributed by atoms with Crippen molar-refractivity contribution in [3.8, 4) is 11.5 Å². The van der Waals surface area contributed by atoms with Crippen LogP contribution >= 0.6 is 23.2 Å². The molecular weight excluding hydrogens is 541 g/mol. The molecule has 0 bridgehead atoms. The minimum Gasteiger partial charge on any atom is -0.478 e. The molecule has 2 N–H and O–H groups in total. The molecule has 0 fully saturated rings. The second-order valence-electron chi connectivity index (χ2n) is 9.05. The van der Waals surface area contributed by atoms with Crippen molar-refractivity contribution in [3.63, 3.8) is 0 Å². The lowest BCUT2D eigenvalue weighted by Crippen LogP contribution is -2.48. The molecule has 202 valence electrons. The third-order valence-corrected chi connectivity index (χ3v) is 6.87. The number of nitrogens with one attached hydrogen (secondary N) is 1. The van der Waals surface area contributed by atoms with Crippen molar-refractivity contribution in [1.29, 1.82) is 0 Å². The van der Waals surface area contributed by atoms with Gasteiger partial charge in [-0.3, -0.25) is 9.69 Å². The highest BCUT2D eigenvalue weighted by molar-refractivity contribution is 6.30. The van der Waals surface area contributed by atoms with E-state index in [4.69, 9.17) is 27.9 Å². The first-order valence-corrected chi connectivity index (χ1v) is 13.0. The molecule has 1 aliphatic rings. The van der Waals surface area contributed by atoms with Crippen molar-refractivity contribution in [1.82, 2.24) is 15.1 Å². The maximum absolute atomic E-state index is 12.9. The van der Waals surface area contributed by atoms with Gasteiger partial charge in [0.1, 0.15) is 11.5 Å². The molecule has 8 nitrogen and oxygen atoms in total. The Morgan fingerprint density at radius 1 is 1.00 bits per heavy atom. The summed E-state index contributed by atoms with van der Waals surface area (Å²) in [6, 6.07) is 19.3. The smallest absolute Gasteiger partial charge is 0.335 e. The van der Waals surface area contributed by atoms with Crippen LogP contribution in [0, 0.1) is 0 Å². The van der Waals surface area contributed by atoms with Gasteiger partial charge >= 0.3 is 12.0 Å². The van der Waals surface area contributed by atoms with Gasteiger partial charge in [0.25, 0.3) is 5.91 Å². The van der Waals surface area contributed by atoms with Crippen molar-refractivity contribution >= 4 is 41.1 Å². The zero-order chi connectivity index (χ0) is 28.1. The Kier molecular flexibility index (Phi) is 8.79. The summed E-state index contributed by atoms with van der Waals surface area (Å²) in [5.41, 5.74) is 1.50. The lowest BCUT2D eigenvalue weighted by Gasteiger charge is -2.35. The molecule has 3 amide bonds. The number of carboxylic acid groups (broad SMARTS) is 1. The van der Waals surface area contributed by atoms with Gasteiger partial charge in [-0.1, -0.05) is 35.3 Å². The van der Waals surface area contributed by atoms with Crippen LogP contribution < -0.4 is 10.1 Å². The van der Waals surface area contributed by atoms with Gasteiger partial charge in [-0.15, -0.1) is 0 Å². The van der Waals surface area contributed by atoms with E-state index >= 15 is 0 Å². The number of hydrogen-bond donors (Lipinski definition) is 2. The fourth-order valence-corrected chi connectivity index (χ4v) is 4.68. The van der Waals surface area contributed by atoms with Crippen molar-refractivity contribution < 1.29 is 24.2 Å². The number of rotatable bonds is 9. The largest absolute Gasteiger partial charge is 0.478 e. The molecule has 0 aromatic heterocycles. The molecule has 10 heteroatoms. The van der Waals surface area contributed by atoms with Crippen LogP contribution in [-0.2, 0) is 4.79 Å². The van der Waals surface area contributed by atoms with E-state index < -0.39 is 18.0 Å². The summed E-state index contributed by atoms with van der Waals surface area (Å²) < 4.78 is 5.77. The van der Waals surface area contributed by atoms with E-state index in [2.05, 4.69) is 5.32 Å². The average Bonchev–Trinajstić information content (AvgIpc) is 2.91. The molecule has 0 saturated heterocycles. The maximum atomic E-state index is 12.9. The molecule has 3 aromatic rings. The van der Waals surface area contributed by atoms with E-state index in [0.29, 0.717) is 51.3 Å². The molecule has 0 spiro atoms. The number of hydrogen-bond acceptors (Lipinski definition) is 4. The maximum Gasteiger partial charge on any atom is 0.335 e. The fraction of sp³-hybridized carbons (Fsp3) is 0.207. The number of aliphatic carboxylic acids is 1. The zero-order valence-corrected chi connectivity index (χ0v) is 22.9. The number of ether oxygens (including phenoxy) is 1. The Morgan fingerprint density at radius 3 is 2.26 bits per heavy atom. The Hall–Kier alpha value is -4.01. The monoisotopic (exact) mass is 567 g/mol. The summed E-state index contributed by atoms with van der Waals surface area (Å²) in [5.74, 6) is -0.0965. The molecule has 0 saturated carbocycles. The minimum atomic E-state index is -1.13. The lowest BCUT2D eigenvalue weighted by atomic mass is 9.95. The number of urea groups is 1. The molecule has 1 unspecified atom stereocenters. The molecule has 1 aliphatic heterocycles. The van der Waals surface area contributed by atoms with Crippen LogP contribution in [0.4, 0.5) is 4.79 Å². The van der Waals surface area contributed by atoms with Crippen LogP contribution in [0.3, 0.4) is 0 Å². The van der Waals surface area contributed by atoms with E-state index in [1.54, 1.807) is 91.7 Å². The third kappa shape index (κ3) is 6.71. The van der Waals surface area contributed by atoms with Crippen molar-refractivity contribution in [2.45, 2.75) is 19.4 Å². The molecule has 39 heavy (non-hydrogen) atoms. The number of carbonyl (C=O) groups excluding carboxylic acids is 2. The summed E-state index contributed by atoms with van der Waals surface area (Å²) in [4.78, 5) is 40.9. The number of benzene rings is 3. The van der Waals surface area contributed by atoms with Gasteiger partial charge < -0.3 is 20.1 Å². The Bertz CT molecular complexity index is 1410. The van der Waals surface area contributed by atoms with Crippen LogP contribution in [-0.4, -0.2) is 53.0 Å². The SMILES string of the molecule is CC1=C(C(=O)O)C(c2cccc(Cl)c2)NC(=O)N1CCCN(C)C(=O)c1ccc(Oc2ccc(Cl)cc2)cc1. The predicted molar refractivity (Wildman–Crippen MR) is 149 cm³/mol. The molecule has 1 heterocycles. The third-order valence-electron chi connectivity index (χ3n) is 6.38. The van der Waals surface area contributed by atoms with Crippen LogP contribution in [0.15, 0.2) is 84.1 Å². The van der Waals surface area contributed by atoms with Gasteiger partial charge in [0.15, 0.2) is 0 Å². The lowest BCUT2D eigenvalue weighted by molar-refractivity contribution is -0.133. The summed E-state index contributed by atoms with van der Waals surface area (Å²) >= 11 is 12.0. The van der Waals surface area contributed by atoms with Crippen molar-refractivity contribution in [3.05, 3.63) is 105 Å². The Balaban J connectivity index is 1.37. The second-order valence-corrected chi connectivity index (χ2v) is 9.93. The summed E-state index contributed by atoms with van der Waals surface area (Å²) in [5, 5.41) is 13.7. The quantitative estimate of drug-likeness (QED) is 0.313. The highest BCUT2D eigenvalue weighted by atomic mass is 35.5. The topological polar surface area (TPSA) is 99.2 Å². The van der Waals surface area contributed by atoms with E-state index in [1.165, 1.54) is 4.90 Å². The number of allylic oxidation sites excluding steroid dienone is 1. The Labute approximate surface area is 236 Å². The van der Waals surface area contributed by atoms with Gasteiger partial charge in [-0.25, -0.2) is 9.59 Å². The summed E-state index contributed by atoms with van der Waals surface area (Å²) in [7, 11) is 1.68.